The van der Waals surface area contributed by atoms with E-state index in [9.17, 15) is 0 Å². The summed E-state index contributed by atoms with van der Waals surface area (Å²) >= 11 is 1.89. The van der Waals surface area contributed by atoms with E-state index in [-0.39, 0.29) is 0 Å². The number of rotatable bonds is 6. The van der Waals surface area contributed by atoms with Gasteiger partial charge in [-0.1, -0.05) is 148 Å². The fourth-order valence-electron chi connectivity index (χ4n) is 10.1. The smallest absolute Gasteiger partial charge is 0.0779 e. The molecular formula is C53H44N2S. The summed E-state index contributed by atoms with van der Waals surface area (Å²) in [5, 5.41) is 6.63. The van der Waals surface area contributed by atoms with Gasteiger partial charge in [0, 0.05) is 54.0 Å². The van der Waals surface area contributed by atoms with Crippen molar-refractivity contribution in [2.24, 2.45) is 0 Å². The predicted octanol–water partition coefficient (Wildman–Crippen LogP) is 15.9. The standard InChI is InChI=1S/C53H44N2S/c1-35-17-12-28-42-43-29-15-32-47(53(43)54(52(35)42)38-22-6-3-7-23-38)55(46-31-16-34-49-51(46)44-25-9-11-33-48(44)56-49)45-30-10-8-24-40(45)41-27-14-21-37-20-13-26-39(50(37)41)36-18-4-2-5-19-36/h3,6-16,20-36H,2,4-5,17-19H2,1H3. The maximum Gasteiger partial charge on any atom is 0.0779 e. The molecule has 1 fully saturated rings. The van der Waals surface area contributed by atoms with E-state index in [2.05, 4.69) is 180 Å². The molecule has 2 aromatic heterocycles. The molecule has 2 heterocycles. The molecular weight excluding hydrogens is 697 g/mol. The van der Waals surface area contributed by atoms with E-state index in [1.807, 2.05) is 11.3 Å². The van der Waals surface area contributed by atoms with E-state index >= 15 is 0 Å². The van der Waals surface area contributed by atoms with Crippen LogP contribution in [-0.2, 0) is 0 Å². The average molecular weight is 741 g/mol. The quantitative estimate of drug-likeness (QED) is 0.165. The highest BCUT2D eigenvalue weighted by atomic mass is 32.1. The summed E-state index contributed by atoms with van der Waals surface area (Å²) in [6.45, 7) is 2.38. The van der Waals surface area contributed by atoms with Crippen LogP contribution in [0.4, 0.5) is 17.1 Å². The Morgan fingerprint density at radius 3 is 2.14 bits per heavy atom. The van der Waals surface area contributed by atoms with Crippen molar-refractivity contribution in [2.75, 3.05) is 4.90 Å². The number of benzene rings is 7. The fraction of sp³-hybridized carbons (Fsp3) is 0.170. The molecule has 9 aromatic rings. The van der Waals surface area contributed by atoms with Crippen LogP contribution < -0.4 is 4.90 Å². The summed E-state index contributed by atoms with van der Waals surface area (Å²) in [7, 11) is 0. The molecule has 2 aliphatic rings. The van der Waals surface area contributed by atoms with E-state index in [4.69, 9.17) is 0 Å². The van der Waals surface area contributed by atoms with Crippen molar-refractivity contribution in [3.8, 4) is 16.8 Å². The summed E-state index contributed by atoms with van der Waals surface area (Å²) in [5.74, 6) is 0.973. The van der Waals surface area contributed by atoms with Gasteiger partial charge in [0.05, 0.1) is 22.6 Å². The second-order valence-electron chi connectivity index (χ2n) is 15.9. The molecule has 1 saturated carbocycles. The molecule has 56 heavy (non-hydrogen) atoms. The number of thiophene rings is 1. The van der Waals surface area contributed by atoms with Crippen molar-refractivity contribution < 1.29 is 0 Å². The normalized spacial score (nSPS) is 15.9. The van der Waals surface area contributed by atoms with E-state index in [1.54, 1.807) is 0 Å². The van der Waals surface area contributed by atoms with Crippen molar-refractivity contribution >= 4 is 76.3 Å². The third-order valence-corrected chi connectivity index (χ3v) is 13.7. The monoisotopic (exact) mass is 740 g/mol. The number of anilines is 3. The number of aromatic nitrogens is 1. The molecule has 0 bridgehead atoms. The minimum absolute atomic E-state index is 0.384. The van der Waals surface area contributed by atoms with Crippen LogP contribution in [0.15, 0.2) is 158 Å². The second-order valence-corrected chi connectivity index (χ2v) is 17.0. The van der Waals surface area contributed by atoms with Crippen molar-refractivity contribution in [2.45, 2.75) is 57.3 Å². The summed E-state index contributed by atoms with van der Waals surface area (Å²) in [6, 6.07) is 57.0. The number of allylic oxidation sites excluding steroid dienone is 1. The molecule has 1 unspecified atom stereocenters. The zero-order chi connectivity index (χ0) is 37.2. The molecule has 0 amide bonds. The van der Waals surface area contributed by atoms with Crippen LogP contribution in [0.3, 0.4) is 0 Å². The van der Waals surface area contributed by atoms with E-state index < -0.39 is 0 Å². The van der Waals surface area contributed by atoms with E-state index in [0.29, 0.717) is 11.8 Å². The lowest BCUT2D eigenvalue weighted by Crippen LogP contribution is -2.14. The van der Waals surface area contributed by atoms with Crippen LogP contribution in [0.1, 0.15) is 74.1 Å². The highest BCUT2D eigenvalue weighted by molar-refractivity contribution is 7.26. The van der Waals surface area contributed by atoms with Crippen LogP contribution in [0.5, 0.6) is 0 Å². The number of hydrogen-bond donors (Lipinski definition) is 0. The van der Waals surface area contributed by atoms with Gasteiger partial charge in [-0.25, -0.2) is 0 Å². The minimum Gasteiger partial charge on any atom is -0.311 e. The molecule has 272 valence electrons. The first-order valence-corrected chi connectivity index (χ1v) is 21.3. The first-order chi connectivity index (χ1) is 27.7. The molecule has 0 aliphatic heterocycles. The van der Waals surface area contributed by atoms with Gasteiger partial charge in [0.1, 0.15) is 0 Å². The molecule has 11 rings (SSSR count). The van der Waals surface area contributed by atoms with Crippen LogP contribution in [0.25, 0.3) is 64.7 Å². The molecule has 7 aromatic carbocycles. The fourth-order valence-corrected chi connectivity index (χ4v) is 11.3. The molecule has 0 radical (unpaired) electrons. The number of hydrogen-bond acceptors (Lipinski definition) is 2. The molecule has 0 spiro atoms. The SMILES string of the molecule is CC1CC=Cc2c1n(-c1ccccc1)c1c(N(c3ccccc3-c3cccc4cccc(C5CCCCC5)c34)c3cccc4sc5ccccc5c34)cccc21. The lowest BCUT2D eigenvalue weighted by atomic mass is 9.80. The van der Waals surface area contributed by atoms with E-state index in [0.717, 1.165) is 6.42 Å². The topological polar surface area (TPSA) is 8.17 Å². The average Bonchev–Trinajstić information content (AvgIpc) is 3.82. The Bertz CT molecular complexity index is 2950. The molecule has 0 saturated heterocycles. The van der Waals surface area contributed by atoms with Crippen LogP contribution in [0, 0.1) is 0 Å². The zero-order valence-electron chi connectivity index (χ0n) is 31.8. The van der Waals surface area contributed by atoms with Crippen molar-refractivity contribution in [1.82, 2.24) is 4.57 Å². The second kappa shape index (κ2) is 13.7. The summed E-state index contributed by atoms with van der Waals surface area (Å²) in [4.78, 5) is 2.61. The van der Waals surface area contributed by atoms with Crippen LogP contribution >= 0.6 is 11.3 Å². The highest BCUT2D eigenvalue weighted by Crippen LogP contribution is 2.52. The van der Waals surface area contributed by atoms with Gasteiger partial charge in [-0.2, -0.15) is 0 Å². The van der Waals surface area contributed by atoms with Crippen LogP contribution in [-0.4, -0.2) is 4.57 Å². The third kappa shape index (κ3) is 5.28. The zero-order valence-corrected chi connectivity index (χ0v) is 32.6. The largest absolute Gasteiger partial charge is 0.311 e. The number of fused-ring (bicyclic) bond motifs is 7. The van der Waals surface area contributed by atoms with Crippen LogP contribution in [0.2, 0.25) is 0 Å². The number of nitrogens with zero attached hydrogens (tertiary/aromatic N) is 2. The Kier molecular flexibility index (Phi) is 8.17. The van der Waals surface area contributed by atoms with Gasteiger partial charge in [-0.05, 0) is 89.5 Å². The Balaban J connectivity index is 1.26. The lowest BCUT2D eigenvalue weighted by Gasteiger charge is -2.31. The maximum atomic E-state index is 2.61. The summed E-state index contributed by atoms with van der Waals surface area (Å²) in [5.41, 5.74) is 12.8. The van der Waals surface area contributed by atoms with Crippen molar-refractivity contribution in [3.05, 3.63) is 175 Å². The Hall–Kier alpha value is -5.90. The van der Waals surface area contributed by atoms with Gasteiger partial charge in [-0.3, -0.25) is 0 Å². The van der Waals surface area contributed by atoms with Gasteiger partial charge in [0.2, 0.25) is 0 Å². The van der Waals surface area contributed by atoms with Crippen molar-refractivity contribution in [3.63, 3.8) is 0 Å². The number of para-hydroxylation sites is 3. The van der Waals surface area contributed by atoms with Gasteiger partial charge < -0.3 is 9.47 Å². The molecule has 3 heteroatoms. The molecule has 1 atom stereocenters. The lowest BCUT2D eigenvalue weighted by molar-refractivity contribution is 0.445. The summed E-state index contributed by atoms with van der Waals surface area (Å²) in [6.07, 6.45) is 12.3. The van der Waals surface area contributed by atoms with Gasteiger partial charge >= 0.3 is 0 Å². The molecule has 0 N–H and O–H groups in total. The van der Waals surface area contributed by atoms with Gasteiger partial charge in [0.15, 0.2) is 0 Å². The predicted molar refractivity (Wildman–Crippen MR) is 242 cm³/mol. The molecule has 2 nitrogen and oxygen atoms in total. The first-order valence-electron chi connectivity index (χ1n) is 20.5. The van der Waals surface area contributed by atoms with Crippen molar-refractivity contribution in [1.29, 1.82) is 0 Å². The van der Waals surface area contributed by atoms with Gasteiger partial charge in [0.25, 0.3) is 0 Å². The highest BCUT2D eigenvalue weighted by Gasteiger charge is 2.30. The third-order valence-electron chi connectivity index (χ3n) is 12.6. The van der Waals surface area contributed by atoms with E-state index in [1.165, 1.54) is 125 Å². The Morgan fingerprint density at radius 2 is 1.25 bits per heavy atom. The molecule has 2 aliphatic carbocycles. The van der Waals surface area contributed by atoms with Gasteiger partial charge in [-0.15, -0.1) is 11.3 Å². The maximum absolute atomic E-state index is 2.61. The Morgan fingerprint density at radius 1 is 0.571 bits per heavy atom. The first kappa shape index (κ1) is 33.4. The Labute approximate surface area is 333 Å². The summed E-state index contributed by atoms with van der Waals surface area (Å²) < 4.78 is 5.20. The minimum atomic E-state index is 0.384.